The fraction of sp³-hybridized carbons (Fsp3) is 0.333. The van der Waals surface area contributed by atoms with E-state index in [1.807, 2.05) is 49.3 Å². The SMILES string of the molecule is CN(C)C(NN)c1ccccc1. The third kappa shape index (κ3) is 2.04. The first-order valence-electron chi connectivity index (χ1n) is 3.93. The number of benzene rings is 1. The van der Waals surface area contributed by atoms with Crippen molar-refractivity contribution < 1.29 is 0 Å². The summed E-state index contributed by atoms with van der Waals surface area (Å²) in [5.41, 5.74) is 3.92. The zero-order valence-corrected chi connectivity index (χ0v) is 7.49. The molecule has 0 spiro atoms. The van der Waals surface area contributed by atoms with Crippen LogP contribution < -0.4 is 11.3 Å². The molecule has 66 valence electrons. The first-order chi connectivity index (χ1) is 5.75. The predicted octanol–water partition coefficient (Wildman–Crippen LogP) is 0.710. The summed E-state index contributed by atoms with van der Waals surface area (Å²) in [6.45, 7) is 0. The number of nitrogens with one attached hydrogen (secondary N) is 1. The van der Waals surface area contributed by atoms with Crippen molar-refractivity contribution in [3.63, 3.8) is 0 Å². The van der Waals surface area contributed by atoms with Gasteiger partial charge in [0.25, 0.3) is 0 Å². The molecule has 0 saturated heterocycles. The van der Waals surface area contributed by atoms with Crippen LogP contribution in [0.2, 0.25) is 0 Å². The molecule has 0 aromatic heterocycles. The third-order valence-corrected chi connectivity index (χ3v) is 1.79. The van der Waals surface area contributed by atoms with Crippen LogP contribution in [0.15, 0.2) is 30.3 Å². The highest BCUT2D eigenvalue weighted by molar-refractivity contribution is 5.17. The van der Waals surface area contributed by atoms with Crippen molar-refractivity contribution in [3.05, 3.63) is 35.9 Å². The second kappa shape index (κ2) is 4.21. The summed E-state index contributed by atoms with van der Waals surface area (Å²) < 4.78 is 0. The number of hydrogen-bond donors (Lipinski definition) is 2. The molecule has 12 heavy (non-hydrogen) atoms. The summed E-state index contributed by atoms with van der Waals surface area (Å²) in [5, 5.41) is 0. The Hall–Kier alpha value is -0.900. The minimum atomic E-state index is 0.0891. The molecule has 1 rings (SSSR count). The van der Waals surface area contributed by atoms with E-state index in [4.69, 9.17) is 5.84 Å². The van der Waals surface area contributed by atoms with Gasteiger partial charge in [-0.3, -0.25) is 10.7 Å². The Morgan fingerprint density at radius 2 is 1.83 bits per heavy atom. The van der Waals surface area contributed by atoms with Gasteiger partial charge in [-0.15, -0.1) is 0 Å². The van der Waals surface area contributed by atoms with E-state index in [9.17, 15) is 0 Å². The maximum Gasteiger partial charge on any atom is 0.0980 e. The highest BCUT2D eigenvalue weighted by Gasteiger charge is 2.09. The minimum Gasteiger partial charge on any atom is -0.289 e. The summed E-state index contributed by atoms with van der Waals surface area (Å²) in [4.78, 5) is 2.02. The number of nitrogens with two attached hydrogens (primary N) is 1. The highest BCUT2D eigenvalue weighted by atomic mass is 15.4. The highest BCUT2D eigenvalue weighted by Crippen LogP contribution is 2.12. The van der Waals surface area contributed by atoms with Gasteiger partial charge < -0.3 is 0 Å². The third-order valence-electron chi connectivity index (χ3n) is 1.79. The molecule has 0 bridgehead atoms. The van der Waals surface area contributed by atoms with Gasteiger partial charge in [0.2, 0.25) is 0 Å². The standard InChI is InChI=1S/C9H15N3/c1-12(2)9(11-10)8-6-4-3-5-7-8/h3-7,9,11H,10H2,1-2H3. The molecule has 0 radical (unpaired) electrons. The van der Waals surface area contributed by atoms with E-state index in [2.05, 4.69) is 5.43 Å². The van der Waals surface area contributed by atoms with Crippen LogP contribution in [0.5, 0.6) is 0 Å². The summed E-state index contributed by atoms with van der Waals surface area (Å²) >= 11 is 0. The number of nitrogens with zero attached hydrogens (tertiary/aromatic N) is 1. The molecule has 0 aliphatic heterocycles. The van der Waals surface area contributed by atoms with Crippen molar-refractivity contribution >= 4 is 0 Å². The summed E-state index contributed by atoms with van der Waals surface area (Å²) in [6, 6.07) is 10.1. The first kappa shape index (κ1) is 9.19. The van der Waals surface area contributed by atoms with Crippen LogP contribution in [0.1, 0.15) is 11.7 Å². The van der Waals surface area contributed by atoms with Crippen LogP contribution in [-0.4, -0.2) is 19.0 Å². The molecular formula is C9H15N3. The molecular weight excluding hydrogens is 150 g/mol. The van der Waals surface area contributed by atoms with Gasteiger partial charge in [-0.25, -0.2) is 5.43 Å². The van der Waals surface area contributed by atoms with E-state index in [-0.39, 0.29) is 6.17 Å². The van der Waals surface area contributed by atoms with E-state index in [0.29, 0.717) is 0 Å². The lowest BCUT2D eigenvalue weighted by atomic mass is 10.2. The van der Waals surface area contributed by atoms with E-state index in [1.54, 1.807) is 0 Å². The molecule has 3 N–H and O–H groups in total. The average molecular weight is 165 g/mol. The normalized spacial score (nSPS) is 13.3. The number of hydrazine groups is 1. The molecule has 0 amide bonds. The largest absolute Gasteiger partial charge is 0.289 e. The smallest absolute Gasteiger partial charge is 0.0980 e. The predicted molar refractivity (Wildman–Crippen MR) is 50.2 cm³/mol. The molecule has 1 aromatic rings. The Morgan fingerprint density at radius 1 is 1.25 bits per heavy atom. The van der Waals surface area contributed by atoms with Crippen LogP contribution in [0.25, 0.3) is 0 Å². The Morgan fingerprint density at radius 3 is 2.25 bits per heavy atom. The van der Waals surface area contributed by atoms with Gasteiger partial charge in [-0.1, -0.05) is 30.3 Å². The van der Waals surface area contributed by atoms with Gasteiger partial charge in [-0.2, -0.15) is 0 Å². The zero-order chi connectivity index (χ0) is 8.97. The number of hydrogen-bond acceptors (Lipinski definition) is 3. The zero-order valence-electron chi connectivity index (χ0n) is 7.49. The van der Waals surface area contributed by atoms with Crippen LogP contribution in [0.3, 0.4) is 0 Å². The lowest BCUT2D eigenvalue weighted by Gasteiger charge is -2.23. The molecule has 0 heterocycles. The second-order valence-corrected chi connectivity index (χ2v) is 2.94. The van der Waals surface area contributed by atoms with Crippen molar-refractivity contribution in [1.82, 2.24) is 10.3 Å². The van der Waals surface area contributed by atoms with Gasteiger partial charge in [0.05, 0.1) is 6.17 Å². The van der Waals surface area contributed by atoms with Gasteiger partial charge in [0.1, 0.15) is 0 Å². The summed E-state index contributed by atoms with van der Waals surface area (Å²) in [6.07, 6.45) is 0.0891. The van der Waals surface area contributed by atoms with E-state index in [1.165, 1.54) is 5.56 Å². The lowest BCUT2D eigenvalue weighted by molar-refractivity contribution is 0.253. The fourth-order valence-electron chi connectivity index (χ4n) is 1.18. The maximum atomic E-state index is 5.41. The molecule has 0 fully saturated rings. The van der Waals surface area contributed by atoms with Crippen molar-refractivity contribution in [2.24, 2.45) is 5.84 Å². The van der Waals surface area contributed by atoms with Crippen molar-refractivity contribution in [1.29, 1.82) is 0 Å². The summed E-state index contributed by atoms with van der Waals surface area (Å²) in [5.74, 6) is 5.41. The van der Waals surface area contributed by atoms with Crippen LogP contribution in [-0.2, 0) is 0 Å². The summed E-state index contributed by atoms with van der Waals surface area (Å²) in [7, 11) is 3.97. The van der Waals surface area contributed by atoms with Gasteiger partial charge >= 0.3 is 0 Å². The first-order valence-corrected chi connectivity index (χ1v) is 3.93. The Kier molecular flexibility index (Phi) is 3.22. The molecule has 1 atom stereocenters. The van der Waals surface area contributed by atoms with Crippen molar-refractivity contribution in [2.45, 2.75) is 6.17 Å². The number of rotatable bonds is 3. The van der Waals surface area contributed by atoms with Crippen LogP contribution >= 0.6 is 0 Å². The van der Waals surface area contributed by atoms with Crippen LogP contribution in [0.4, 0.5) is 0 Å². The fourth-order valence-corrected chi connectivity index (χ4v) is 1.18. The van der Waals surface area contributed by atoms with E-state index in [0.717, 1.165) is 0 Å². The Balaban J connectivity index is 2.80. The molecule has 0 aliphatic rings. The molecule has 0 saturated carbocycles. The topological polar surface area (TPSA) is 41.3 Å². The van der Waals surface area contributed by atoms with Crippen LogP contribution in [0, 0.1) is 0 Å². The van der Waals surface area contributed by atoms with Gasteiger partial charge in [0, 0.05) is 0 Å². The average Bonchev–Trinajstić information content (AvgIpc) is 2.07. The Labute approximate surface area is 73.1 Å². The Bertz CT molecular complexity index is 220. The monoisotopic (exact) mass is 165 g/mol. The van der Waals surface area contributed by atoms with Crippen molar-refractivity contribution in [3.8, 4) is 0 Å². The van der Waals surface area contributed by atoms with E-state index >= 15 is 0 Å². The molecule has 3 heteroatoms. The molecule has 0 aliphatic carbocycles. The molecule has 1 aromatic carbocycles. The van der Waals surface area contributed by atoms with Gasteiger partial charge in [0.15, 0.2) is 0 Å². The van der Waals surface area contributed by atoms with Gasteiger partial charge in [-0.05, 0) is 19.7 Å². The van der Waals surface area contributed by atoms with Crippen molar-refractivity contribution in [2.75, 3.05) is 14.1 Å². The molecule has 3 nitrogen and oxygen atoms in total. The lowest BCUT2D eigenvalue weighted by Crippen LogP contribution is -2.37. The second-order valence-electron chi connectivity index (χ2n) is 2.94. The molecule has 1 unspecified atom stereocenters. The van der Waals surface area contributed by atoms with E-state index < -0.39 is 0 Å². The quantitative estimate of drug-likeness (QED) is 0.394. The minimum absolute atomic E-state index is 0.0891. The maximum absolute atomic E-state index is 5.41.